The van der Waals surface area contributed by atoms with Crippen LogP contribution in [0.1, 0.15) is 0 Å². The van der Waals surface area contributed by atoms with Gasteiger partial charge in [-0.15, -0.1) is 0 Å². The number of hydrogen-bond acceptors (Lipinski definition) is 5. The minimum absolute atomic E-state index is 0.883. The quantitative estimate of drug-likeness (QED) is 0.772. The first-order valence-corrected chi connectivity index (χ1v) is 7.40. The number of para-hydroxylation sites is 1. The van der Waals surface area contributed by atoms with E-state index >= 15 is 0 Å². The summed E-state index contributed by atoms with van der Waals surface area (Å²) in [5, 5.41) is 0.883. The molecule has 0 N–H and O–H groups in total. The molecule has 0 amide bonds. The number of fused-ring (bicyclic) bond motifs is 1. The fourth-order valence-electron chi connectivity index (χ4n) is 1.35. The molecule has 5 heteroatoms. The van der Waals surface area contributed by atoms with E-state index in [0.717, 1.165) is 15.0 Å². The normalized spacial score (nSPS) is 16.1. The van der Waals surface area contributed by atoms with Gasteiger partial charge in [-0.3, -0.25) is 0 Å². The molecule has 2 nitrogen and oxygen atoms in total. The number of nitrogens with zero attached hydrogens (tertiary/aromatic N) is 2. The van der Waals surface area contributed by atoms with Crippen LogP contribution < -0.4 is 0 Å². The SMILES string of the molecule is c1ccc2sc(N=C3SCCS3)nc2c1. The van der Waals surface area contributed by atoms with Crippen molar-refractivity contribution in [2.24, 2.45) is 4.99 Å². The molecule has 1 aliphatic rings. The molecule has 0 radical (unpaired) electrons. The predicted octanol–water partition coefficient (Wildman–Crippen LogP) is 3.76. The Kier molecular flexibility index (Phi) is 2.68. The van der Waals surface area contributed by atoms with Crippen LogP contribution in [0.15, 0.2) is 29.3 Å². The van der Waals surface area contributed by atoms with Crippen molar-refractivity contribution in [3.63, 3.8) is 0 Å². The van der Waals surface area contributed by atoms with E-state index in [1.165, 1.54) is 16.2 Å². The van der Waals surface area contributed by atoms with Crippen LogP contribution in [0.2, 0.25) is 0 Å². The number of aromatic nitrogens is 1. The van der Waals surface area contributed by atoms with Gasteiger partial charge >= 0.3 is 0 Å². The second kappa shape index (κ2) is 4.15. The maximum absolute atomic E-state index is 4.55. The van der Waals surface area contributed by atoms with E-state index in [2.05, 4.69) is 16.0 Å². The molecule has 0 bridgehead atoms. The van der Waals surface area contributed by atoms with Gasteiger partial charge in [0.25, 0.3) is 0 Å². The van der Waals surface area contributed by atoms with Crippen LogP contribution in [0.3, 0.4) is 0 Å². The van der Waals surface area contributed by atoms with Gasteiger partial charge in [0.15, 0.2) is 0 Å². The van der Waals surface area contributed by atoms with Crippen molar-refractivity contribution in [3.8, 4) is 0 Å². The Bertz CT molecular complexity index is 477. The summed E-state index contributed by atoms with van der Waals surface area (Å²) in [6, 6.07) is 8.17. The fraction of sp³-hybridized carbons (Fsp3) is 0.200. The Morgan fingerprint density at radius 2 is 1.93 bits per heavy atom. The summed E-state index contributed by atoms with van der Waals surface area (Å²) in [4.78, 5) is 9.03. The maximum Gasteiger partial charge on any atom is 0.211 e. The first-order chi connectivity index (χ1) is 7.42. The van der Waals surface area contributed by atoms with Crippen LogP contribution in [0.25, 0.3) is 10.2 Å². The van der Waals surface area contributed by atoms with Gasteiger partial charge in [-0.2, -0.15) is 0 Å². The van der Waals surface area contributed by atoms with Crippen LogP contribution in [0.5, 0.6) is 0 Å². The van der Waals surface area contributed by atoms with Crippen molar-refractivity contribution >= 4 is 54.6 Å². The van der Waals surface area contributed by atoms with Crippen LogP contribution >= 0.6 is 34.9 Å². The molecular weight excluding hydrogens is 244 g/mol. The average molecular weight is 252 g/mol. The fourth-order valence-corrected chi connectivity index (χ4v) is 4.46. The average Bonchev–Trinajstić information content (AvgIpc) is 2.86. The molecule has 3 rings (SSSR count). The molecular formula is C10H8N2S3. The zero-order chi connectivity index (χ0) is 10.1. The number of aliphatic imine (C=N–C) groups is 1. The van der Waals surface area contributed by atoms with Gasteiger partial charge in [0.05, 0.1) is 10.2 Å². The van der Waals surface area contributed by atoms with E-state index in [9.17, 15) is 0 Å². The van der Waals surface area contributed by atoms with E-state index in [0.29, 0.717) is 0 Å². The third-order valence-corrected chi connectivity index (χ3v) is 5.39. The highest BCUT2D eigenvalue weighted by molar-refractivity contribution is 8.41. The molecule has 0 unspecified atom stereocenters. The van der Waals surface area contributed by atoms with Gasteiger partial charge in [0.1, 0.15) is 4.38 Å². The summed E-state index contributed by atoms with van der Waals surface area (Å²) in [7, 11) is 0. The van der Waals surface area contributed by atoms with E-state index in [1.807, 2.05) is 41.7 Å². The summed E-state index contributed by atoms with van der Waals surface area (Å²) < 4.78 is 2.37. The molecule has 0 spiro atoms. The maximum atomic E-state index is 4.55. The highest BCUT2D eigenvalue weighted by Gasteiger charge is 2.11. The highest BCUT2D eigenvalue weighted by atomic mass is 32.2. The third kappa shape index (κ3) is 2.04. The summed E-state index contributed by atoms with van der Waals surface area (Å²) >= 11 is 5.31. The van der Waals surface area contributed by atoms with E-state index in [4.69, 9.17) is 0 Å². The van der Waals surface area contributed by atoms with E-state index in [1.54, 1.807) is 11.3 Å². The summed E-state index contributed by atoms with van der Waals surface area (Å²) in [5.41, 5.74) is 1.05. The molecule has 76 valence electrons. The van der Waals surface area contributed by atoms with Crippen molar-refractivity contribution in [3.05, 3.63) is 24.3 Å². The number of thiazole rings is 1. The van der Waals surface area contributed by atoms with Crippen LogP contribution in [0, 0.1) is 0 Å². The summed E-state index contributed by atoms with van der Waals surface area (Å²) in [5.74, 6) is 2.35. The molecule has 1 saturated heterocycles. The molecule has 1 aliphatic heterocycles. The lowest BCUT2D eigenvalue weighted by atomic mass is 10.3. The number of benzene rings is 1. The lowest BCUT2D eigenvalue weighted by molar-refractivity contribution is 1.42. The second-order valence-corrected chi connectivity index (χ2v) is 6.47. The van der Waals surface area contributed by atoms with Crippen LogP contribution in [0.4, 0.5) is 5.13 Å². The Morgan fingerprint density at radius 1 is 1.13 bits per heavy atom. The Labute approximate surface area is 100 Å². The molecule has 2 heterocycles. The van der Waals surface area contributed by atoms with Crippen molar-refractivity contribution in [1.82, 2.24) is 4.98 Å². The van der Waals surface area contributed by atoms with Gasteiger partial charge in [0, 0.05) is 11.5 Å². The molecule has 1 fully saturated rings. The van der Waals surface area contributed by atoms with E-state index < -0.39 is 0 Å². The summed E-state index contributed by atoms with van der Waals surface area (Å²) in [6.45, 7) is 0. The first-order valence-electron chi connectivity index (χ1n) is 4.62. The minimum Gasteiger partial charge on any atom is -0.218 e. The predicted molar refractivity (Wildman–Crippen MR) is 71.6 cm³/mol. The largest absolute Gasteiger partial charge is 0.218 e. The summed E-state index contributed by atoms with van der Waals surface area (Å²) in [6.07, 6.45) is 0. The molecule has 1 aromatic heterocycles. The Hall–Kier alpha value is -0.520. The molecule has 2 aromatic rings. The molecule has 0 aliphatic carbocycles. The van der Waals surface area contributed by atoms with Gasteiger partial charge in [-0.25, -0.2) is 9.98 Å². The van der Waals surface area contributed by atoms with Gasteiger partial charge < -0.3 is 0 Å². The van der Waals surface area contributed by atoms with Crippen molar-refractivity contribution in [2.45, 2.75) is 0 Å². The minimum atomic E-state index is 0.883. The number of thioether (sulfide) groups is 2. The number of rotatable bonds is 1. The highest BCUT2D eigenvalue weighted by Crippen LogP contribution is 2.33. The van der Waals surface area contributed by atoms with Gasteiger partial charge in [-0.1, -0.05) is 47.0 Å². The standard InChI is InChI=1S/C10H8N2S3/c1-2-4-8-7(3-1)11-9(15-8)12-10-13-5-6-14-10/h1-4H,5-6H2. The van der Waals surface area contributed by atoms with Crippen LogP contribution in [-0.2, 0) is 0 Å². The van der Waals surface area contributed by atoms with Crippen molar-refractivity contribution in [1.29, 1.82) is 0 Å². The first kappa shape index (κ1) is 9.69. The monoisotopic (exact) mass is 252 g/mol. The zero-order valence-corrected chi connectivity index (χ0v) is 10.3. The van der Waals surface area contributed by atoms with Crippen molar-refractivity contribution in [2.75, 3.05) is 11.5 Å². The second-order valence-electron chi connectivity index (χ2n) is 3.04. The number of hydrogen-bond donors (Lipinski definition) is 0. The van der Waals surface area contributed by atoms with Gasteiger partial charge in [0.2, 0.25) is 5.13 Å². The molecule has 1 aromatic carbocycles. The van der Waals surface area contributed by atoms with Crippen LogP contribution in [-0.4, -0.2) is 20.9 Å². The zero-order valence-electron chi connectivity index (χ0n) is 7.84. The third-order valence-electron chi connectivity index (χ3n) is 2.00. The molecule has 0 atom stereocenters. The lowest BCUT2D eigenvalue weighted by Crippen LogP contribution is -1.74. The van der Waals surface area contributed by atoms with Gasteiger partial charge in [-0.05, 0) is 12.1 Å². The smallest absolute Gasteiger partial charge is 0.211 e. The molecule has 0 saturated carbocycles. The Balaban J connectivity index is 2.01. The van der Waals surface area contributed by atoms with Crippen molar-refractivity contribution < 1.29 is 0 Å². The lowest BCUT2D eigenvalue weighted by Gasteiger charge is -1.88. The topological polar surface area (TPSA) is 25.2 Å². The van der Waals surface area contributed by atoms with E-state index in [-0.39, 0.29) is 0 Å². The molecule has 15 heavy (non-hydrogen) atoms. The Morgan fingerprint density at radius 3 is 2.73 bits per heavy atom.